The maximum atomic E-state index is 11.4. The van der Waals surface area contributed by atoms with Crippen LogP contribution in [-0.2, 0) is 16.0 Å². The Labute approximate surface area is 171 Å². The molecule has 1 aliphatic rings. The van der Waals surface area contributed by atoms with Crippen LogP contribution in [-0.4, -0.2) is 40.6 Å². The van der Waals surface area contributed by atoms with E-state index in [0.717, 1.165) is 74.4 Å². The summed E-state index contributed by atoms with van der Waals surface area (Å²) in [7, 11) is 0. The molecular formula is C21H27ClN4O2. The molecule has 0 spiro atoms. The molecule has 2 aromatic rings. The summed E-state index contributed by atoms with van der Waals surface area (Å²) >= 11 is 6.45. The van der Waals surface area contributed by atoms with Crippen LogP contribution in [0.2, 0.25) is 5.15 Å². The van der Waals surface area contributed by atoms with E-state index in [1.165, 1.54) is 0 Å². The monoisotopic (exact) mass is 402 g/mol. The zero-order chi connectivity index (χ0) is 19.8. The summed E-state index contributed by atoms with van der Waals surface area (Å²) in [6.45, 7) is 4.21. The van der Waals surface area contributed by atoms with Crippen LogP contribution in [0.4, 0.5) is 5.82 Å². The number of aromatic nitrogens is 3. The number of rotatable bonds is 9. The van der Waals surface area contributed by atoms with Crippen LogP contribution in [0.1, 0.15) is 51.1 Å². The van der Waals surface area contributed by atoms with Gasteiger partial charge in [-0.15, -0.1) is 0 Å². The van der Waals surface area contributed by atoms with Crippen LogP contribution in [0, 0.1) is 0 Å². The average molecular weight is 403 g/mol. The fourth-order valence-electron chi connectivity index (χ4n) is 3.48. The van der Waals surface area contributed by atoms with Crippen molar-refractivity contribution in [2.75, 3.05) is 24.6 Å². The van der Waals surface area contributed by atoms with Crippen molar-refractivity contribution in [1.82, 2.24) is 15.0 Å². The molecule has 3 heterocycles. The molecule has 28 heavy (non-hydrogen) atoms. The van der Waals surface area contributed by atoms with Crippen LogP contribution in [0.3, 0.4) is 0 Å². The highest BCUT2D eigenvalue weighted by Crippen LogP contribution is 2.31. The Morgan fingerprint density at radius 2 is 1.96 bits per heavy atom. The summed E-state index contributed by atoms with van der Waals surface area (Å²) in [5.74, 6) is 0.822. The molecule has 0 N–H and O–H groups in total. The van der Waals surface area contributed by atoms with Crippen molar-refractivity contribution in [3.8, 4) is 11.3 Å². The third kappa shape index (κ3) is 5.41. The maximum absolute atomic E-state index is 11.4. The van der Waals surface area contributed by atoms with Crippen LogP contribution < -0.4 is 4.90 Å². The summed E-state index contributed by atoms with van der Waals surface area (Å²) in [5.41, 5.74) is 2.68. The molecular weight excluding hydrogens is 376 g/mol. The second-order valence-corrected chi connectivity index (χ2v) is 7.29. The van der Waals surface area contributed by atoms with Gasteiger partial charge in [-0.25, -0.2) is 9.97 Å². The summed E-state index contributed by atoms with van der Waals surface area (Å²) in [4.78, 5) is 27.2. The Balaban J connectivity index is 1.55. The van der Waals surface area contributed by atoms with Crippen molar-refractivity contribution in [3.05, 3.63) is 35.4 Å². The van der Waals surface area contributed by atoms with Crippen molar-refractivity contribution in [2.45, 2.75) is 51.9 Å². The summed E-state index contributed by atoms with van der Waals surface area (Å²) in [6.07, 6.45) is 10.1. The first-order chi connectivity index (χ1) is 13.7. The molecule has 6 nitrogen and oxygen atoms in total. The lowest BCUT2D eigenvalue weighted by molar-refractivity contribution is -0.143. The molecule has 0 bridgehead atoms. The Morgan fingerprint density at radius 3 is 2.75 bits per heavy atom. The number of halogens is 1. The topological polar surface area (TPSA) is 68.2 Å². The van der Waals surface area contributed by atoms with Gasteiger partial charge in [-0.2, -0.15) is 0 Å². The zero-order valence-electron chi connectivity index (χ0n) is 16.4. The normalized spacial score (nSPS) is 13.3. The Hall–Kier alpha value is -2.21. The van der Waals surface area contributed by atoms with Gasteiger partial charge in [0.2, 0.25) is 0 Å². The molecule has 0 aromatic carbocycles. The molecule has 0 amide bonds. The van der Waals surface area contributed by atoms with Crippen LogP contribution in [0.5, 0.6) is 0 Å². The summed E-state index contributed by atoms with van der Waals surface area (Å²) < 4.78 is 4.96. The van der Waals surface area contributed by atoms with Crippen LogP contribution in [0.15, 0.2) is 24.5 Å². The lowest BCUT2D eigenvalue weighted by atomic mass is 10.1. The molecule has 0 unspecified atom stereocenters. The van der Waals surface area contributed by atoms with Crippen molar-refractivity contribution in [2.24, 2.45) is 0 Å². The highest BCUT2D eigenvalue weighted by atomic mass is 35.5. The van der Waals surface area contributed by atoms with Crippen LogP contribution in [0.25, 0.3) is 11.3 Å². The third-order valence-corrected chi connectivity index (χ3v) is 5.13. The quantitative estimate of drug-likeness (QED) is 0.455. The van der Waals surface area contributed by atoms with Gasteiger partial charge in [0.15, 0.2) is 11.0 Å². The van der Waals surface area contributed by atoms with E-state index in [-0.39, 0.29) is 5.97 Å². The lowest BCUT2D eigenvalue weighted by Crippen LogP contribution is -2.32. The number of anilines is 1. The van der Waals surface area contributed by atoms with Gasteiger partial charge in [0.25, 0.3) is 0 Å². The number of fused-ring (bicyclic) bond motifs is 1. The van der Waals surface area contributed by atoms with Crippen molar-refractivity contribution in [3.63, 3.8) is 0 Å². The van der Waals surface area contributed by atoms with Crippen molar-refractivity contribution < 1.29 is 9.53 Å². The average Bonchev–Trinajstić information content (AvgIpc) is 2.71. The van der Waals surface area contributed by atoms with Crippen molar-refractivity contribution >= 4 is 23.4 Å². The minimum absolute atomic E-state index is 0.0950. The first-order valence-electron chi connectivity index (χ1n) is 10.1. The first kappa shape index (κ1) is 20.5. The highest BCUT2D eigenvalue weighted by molar-refractivity contribution is 6.31. The van der Waals surface area contributed by atoms with Gasteiger partial charge in [0.05, 0.1) is 12.3 Å². The number of hydrogen-bond acceptors (Lipinski definition) is 6. The Bertz CT molecular complexity index is 785. The van der Waals surface area contributed by atoms with Gasteiger partial charge in [-0.1, -0.05) is 24.4 Å². The van der Waals surface area contributed by atoms with Gasteiger partial charge >= 0.3 is 5.97 Å². The van der Waals surface area contributed by atoms with Gasteiger partial charge < -0.3 is 9.64 Å². The molecule has 0 saturated carbocycles. The number of unbranched alkanes of at least 4 members (excludes halogenated alkanes) is 3. The number of esters is 1. The maximum Gasteiger partial charge on any atom is 0.305 e. The molecule has 1 aliphatic heterocycles. The third-order valence-electron chi connectivity index (χ3n) is 4.86. The SMILES string of the molecule is CCOC(=O)CCCCCCN1CCCc2nc(-c3ccncc3)c(Cl)nc21. The van der Waals surface area contributed by atoms with E-state index in [9.17, 15) is 4.79 Å². The largest absolute Gasteiger partial charge is 0.466 e. The predicted octanol–water partition coefficient (Wildman–Crippen LogP) is 4.46. The molecule has 150 valence electrons. The van der Waals surface area contributed by atoms with E-state index in [4.69, 9.17) is 21.3 Å². The number of aryl methyl sites for hydroxylation is 1. The first-order valence-corrected chi connectivity index (χ1v) is 10.4. The van der Waals surface area contributed by atoms with E-state index >= 15 is 0 Å². The number of carbonyl (C=O) groups is 1. The smallest absolute Gasteiger partial charge is 0.305 e. The Kier molecular flexibility index (Phi) is 7.60. The van der Waals surface area contributed by atoms with Gasteiger partial charge in [-0.3, -0.25) is 9.78 Å². The lowest BCUT2D eigenvalue weighted by Gasteiger charge is -2.30. The molecule has 0 fully saturated rings. The molecule has 2 aromatic heterocycles. The Morgan fingerprint density at radius 1 is 1.18 bits per heavy atom. The number of ether oxygens (including phenoxy) is 1. The minimum atomic E-state index is -0.0950. The van der Waals surface area contributed by atoms with Gasteiger partial charge in [-0.05, 0) is 44.7 Å². The minimum Gasteiger partial charge on any atom is -0.466 e. The van der Waals surface area contributed by atoms with E-state index in [2.05, 4.69) is 14.9 Å². The fraction of sp³-hybridized carbons (Fsp3) is 0.524. The summed E-state index contributed by atoms with van der Waals surface area (Å²) in [5, 5.41) is 0.436. The highest BCUT2D eigenvalue weighted by Gasteiger charge is 2.22. The van der Waals surface area contributed by atoms with E-state index in [0.29, 0.717) is 18.2 Å². The number of carbonyl (C=O) groups excluding carboxylic acids is 1. The second kappa shape index (κ2) is 10.4. The molecule has 0 aliphatic carbocycles. The standard InChI is InChI=1S/C21H27ClN4O2/c1-2-28-18(27)9-5-3-4-6-14-26-15-7-8-17-21(26)25-20(22)19(24-17)16-10-12-23-13-11-16/h10-13H,2-9,14-15H2,1H3. The van der Waals surface area contributed by atoms with Gasteiger partial charge in [0.1, 0.15) is 5.69 Å². The molecule has 3 rings (SSSR count). The van der Waals surface area contributed by atoms with Crippen LogP contribution >= 0.6 is 11.6 Å². The second-order valence-electron chi connectivity index (χ2n) is 6.93. The van der Waals surface area contributed by atoms with E-state index in [1.54, 1.807) is 12.4 Å². The van der Waals surface area contributed by atoms with Gasteiger partial charge in [0, 0.05) is 37.5 Å². The fourth-order valence-corrected chi connectivity index (χ4v) is 3.71. The van der Waals surface area contributed by atoms with E-state index in [1.807, 2.05) is 19.1 Å². The number of hydrogen-bond donors (Lipinski definition) is 0. The predicted molar refractivity (Wildman–Crippen MR) is 111 cm³/mol. The summed E-state index contributed by atoms with van der Waals surface area (Å²) in [6, 6.07) is 3.80. The van der Waals surface area contributed by atoms with Crippen molar-refractivity contribution in [1.29, 1.82) is 0 Å². The van der Waals surface area contributed by atoms with E-state index < -0.39 is 0 Å². The number of nitrogens with zero attached hydrogens (tertiary/aromatic N) is 4. The zero-order valence-corrected chi connectivity index (χ0v) is 17.1. The molecule has 0 atom stereocenters. The number of pyridine rings is 1. The molecule has 0 saturated heterocycles. The molecule has 0 radical (unpaired) electrons. The molecule has 7 heteroatoms.